The highest BCUT2D eigenvalue weighted by molar-refractivity contribution is 7.80. The van der Waals surface area contributed by atoms with E-state index in [0.717, 1.165) is 10.9 Å². The molecule has 1 aliphatic heterocycles. The van der Waals surface area contributed by atoms with Crippen LogP contribution in [-0.4, -0.2) is 111 Å². The maximum Gasteiger partial charge on any atom is 0.328 e. The van der Waals surface area contributed by atoms with Crippen molar-refractivity contribution in [3.63, 3.8) is 0 Å². The average molecular weight is 579 g/mol. The number of H-pyrrole nitrogens is 1. The largest absolute Gasteiger partial charge is 0.480 e. The zero-order chi connectivity index (χ0) is 29.4. The second kappa shape index (κ2) is 14.1. The molecule has 218 valence electrons. The molecule has 1 aromatic heterocycles. The van der Waals surface area contributed by atoms with Crippen molar-refractivity contribution in [1.82, 2.24) is 25.8 Å². The number of hydrogen-bond donors (Lipinski definition) is 9. The number of benzene rings is 1. The second-order valence-corrected chi connectivity index (χ2v) is 9.79. The third-order valence-corrected chi connectivity index (χ3v) is 7.09. The lowest BCUT2D eigenvalue weighted by Crippen LogP contribution is -2.59. The number of aromatic amines is 1. The first kappa shape index (κ1) is 30.9. The van der Waals surface area contributed by atoms with Crippen molar-refractivity contribution in [2.75, 3.05) is 25.5 Å². The maximum atomic E-state index is 13.1. The molecule has 0 saturated carbocycles. The predicted molar refractivity (Wildman–Crippen MR) is 146 cm³/mol. The molecule has 0 unspecified atom stereocenters. The number of fused-ring (bicyclic) bond motifs is 1. The van der Waals surface area contributed by atoms with Gasteiger partial charge in [0.2, 0.25) is 23.6 Å². The van der Waals surface area contributed by atoms with Gasteiger partial charge in [0.05, 0.1) is 19.3 Å². The van der Waals surface area contributed by atoms with Gasteiger partial charge in [-0.1, -0.05) is 18.2 Å². The predicted octanol–water partition coefficient (Wildman–Crippen LogP) is -2.52. The number of carboxylic acids is 1. The van der Waals surface area contributed by atoms with E-state index in [2.05, 4.69) is 33.6 Å². The summed E-state index contributed by atoms with van der Waals surface area (Å²) in [6.45, 7) is -1.39. The van der Waals surface area contributed by atoms with Gasteiger partial charge in [0.1, 0.15) is 24.2 Å². The number of nitrogens with one attached hydrogen (secondary N) is 4. The highest BCUT2D eigenvalue weighted by Gasteiger charge is 2.38. The molecule has 40 heavy (non-hydrogen) atoms. The number of carbonyl (C=O) groups is 5. The van der Waals surface area contributed by atoms with E-state index < -0.39 is 73.0 Å². The van der Waals surface area contributed by atoms with Crippen LogP contribution in [-0.2, 0) is 30.4 Å². The molecule has 2 heterocycles. The molecule has 1 fully saturated rings. The highest BCUT2D eigenvalue weighted by atomic mass is 32.1. The molecule has 0 aliphatic carbocycles. The lowest BCUT2D eigenvalue weighted by molar-refractivity contribution is -0.143. The number of aliphatic carboxylic acids is 1. The summed E-state index contributed by atoms with van der Waals surface area (Å²) in [6.07, 6.45) is 2.45. The molecule has 3 rings (SSSR count). The fourth-order valence-electron chi connectivity index (χ4n) is 4.52. The minimum atomic E-state index is -1.61. The van der Waals surface area contributed by atoms with E-state index in [4.69, 9.17) is 5.73 Å². The monoisotopic (exact) mass is 578 g/mol. The molecule has 4 amide bonds. The lowest BCUT2D eigenvalue weighted by Gasteiger charge is -2.28. The number of nitrogens with two attached hydrogens (primary N) is 1. The molecule has 0 bridgehead atoms. The molecule has 5 atom stereocenters. The highest BCUT2D eigenvalue weighted by Crippen LogP contribution is 2.20. The molecule has 0 spiro atoms. The quantitative estimate of drug-likeness (QED) is 0.114. The molecule has 1 aliphatic rings. The number of amides is 4. The SMILES string of the molecule is N[C@@H](CS)C(=O)N1CCC[C@H]1C(=O)N[C@@H](CO)C(=O)N[C@@H](Cc1c[nH]c2ccccc12)C(=O)N[C@@H](CO)C(=O)O. The number of carbonyl (C=O) groups excluding carboxylic acids is 4. The van der Waals surface area contributed by atoms with Gasteiger partial charge in [0.15, 0.2) is 0 Å². The van der Waals surface area contributed by atoms with Crippen molar-refractivity contribution in [2.24, 2.45) is 5.73 Å². The Morgan fingerprint density at radius 1 is 1.02 bits per heavy atom. The van der Waals surface area contributed by atoms with Crippen molar-refractivity contribution in [3.8, 4) is 0 Å². The number of aliphatic hydroxyl groups is 2. The third kappa shape index (κ3) is 7.29. The zero-order valence-electron chi connectivity index (χ0n) is 21.6. The van der Waals surface area contributed by atoms with E-state index in [1.165, 1.54) is 4.90 Å². The summed E-state index contributed by atoms with van der Waals surface area (Å²) in [5, 5.41) is 36.3. The van der Waals surface area contributed by atoms with Crippen molar-refractivity contribution >= 4 is 53.1 Å². The average Bonchev–Trinajstić information content (AvgIpc) is 3.60. The number of thiol groups is 1. The Labute approximate surface area is 235 Å². The smallest absolute Gasteiger partial charge is 0.328 e. The Balaban J connectivity index is 1.77. The lowest BCUT2D eigenvalue weighted by atomic mass is 10.0. The summed E-state index contributed by atoms with van der Waals surface area (Å²) in [6, 6.07) is 1.01. The van der Waals surface area contributed by atoms with Gasteiger partial charge in [-0.15, -0.1) is 0 Å². The Morgan fingerprint density at radius 2 is 1.68 bits per heavy atom. The van der Waals surface area contributed by atoms with Crippen LogP contribution in [0, 0.1) is 0 Å². The summed E-state index contributed by atoms with van der Waals surface area (Å²) >= 11 is 4.02. The van der Waals surface area contributed by atoms with Crippen LogP contribution in [0.25, 0.3) is 10.9 Å². The van der Waals surface area contributed by atoms with E-state index in [1.54, 1.807) is 18.3 Å². The van der Waals surface area contributed by atoms with Gasteiger partial charge in [-0.25, -0.2) is 4.79 Å². The van der Waals surface area contributed by atoms with Crippen LogP contribution in [0.4, 0.5) is 0 Å². The molecule has 0 radical (unpaired) electrons. The molecule has 9 N–H and O–H groups in total. The topological polar surface area (TPSA) is 227 Å². The summed E-state index contributed by atoms with van der Waals surface area (Å²) in [4.78, 5) is 67.4. The van der Waals surface area contributed by atoms with Crippen LogP contribution in [0.5, 0.6) is 0 Å². The first-order chi connectivity index (χ1) is 19.1. The zero-order valence-corrected chi connectivity index (χ0v) is 22.5. The Morgan fingerprint density at radius 3 is 2.33 bits per heavy atom. The van der Waals surface area contributed by atoms with Crippen molar-refractivity contribution < 1.29 is 39.3 Å². The summed E-state index contributed by atoms with van der Waals surface area (Å²) in [5.74, 6) is -4.31. The molecular weight excluding hydrogens is 544 g/mol. The van der Waals surface area contributed by atoms with E-state index >= 15 is 0 Å². The number of nitrogens with zero attached hydrogens (tertiary/aromatic N) is 1. The summed E-state index contributed by atoms with van der Waals surface area (Å²) in [5.41, 5.74) is 7.18. The normalized spacial score (nSPS) is 18.0. The number of para-hydroxylation sites is 1. The fraction of sp³-hybridized carbons (Fsp3) is 0.480. The fourth-order valence-corrected chi connectivity index (χ4v) is 4.67. The Hall–Kier alpha value is -3.66. The number of carboxylic acid groups (broad SMARTS) is 1. The summed E-state index contributed by atoms with van der Waals surface area (Å²) < 4.78 is 0. The van der Waals surface area contributed by atoms with E-state index in [0.29, 0.717) is 24.9 Å². The minimum Gasteiger partial charge on any atom is -0.480 e. The van der Waals surface area contributed by atoms with E-state index in [1.807, 2.05) is 12.1 Å². The third-order valence-electron chi connectivity index (χ3n) is 6.70. The van der Waals surface area contributed by atoms with Crippen LogP contribution < -0.4 is 21.7 Å². The van der Waals surface area contributed by atoms with Crippen LogP contribution in [0.3, 0.4) is 0 Å². The van der Waals surface area contributed by atoms with Crippen LogP contribution in [0.1, 0.15) is 18.4 Å². The second-order valence-electron chi connectivity index (χ2n) is 9.43. The van der Waals surface area contributed by atoms with Crippen LogP contribution >= 0.6 is 12.6 Å². The molecule has 1 saturated heterocycles. The molecule has 14 nitrogen and oxygen atoms in total. The molecule has 15 heteroatoms. The minimum absolute atomic E-state index is 0.0715. The number of aromatic nitrogens is 1. The first-order valence-corrected chi connectivity index (χ1v) is 13.3. The van der Waals surface area contributed by atoms with Crippen molar-refractivity contribution in [1.29, 1.82) is 0 Å². The van der Waals surface area contributed by atoms with Gasteiger partial charge < -0.3 is 46.9 Å². The molecule has 2 aromatic rings. The van der Waals surface area contributed by atoms with Gasteiger partial charge >= 0.3 is 5.97 Å². The van der Waals surface area contributed by atoms with Crippen molar-refractivity contribution in [2.45, 2.75) is 49.5 Å². The van der Waals surface area contributed by atoms with Gasteiger partial charge in [-0.2, -0.15) is 12.6 Å². The molecular formula is C25H34N6O8S. The Kier molecular flexibility index (Phi) is 10.9. The number of rotatable bonds is 13. The first-order valence-electron chi connectivity index (χ1n) is 12.7. The van der Waals surface area contributed by atoms with Crippen LogP contribution in [0.2, 0.25) is 0 Å². The maximum absolute atomic E-state index is 13.1. The van der Waals surface area contributed by atoms with Gasteiger partial charge in [-0.3, -0.25) is 19.2 Å². The van der Waals surface area contributed by atoms with E-state index in [-0.39, 0.29) is 12.2 Å². The number of hydrogen-bond acceptors (Lipinski definition) is 9. The number of aliphatic hydroxyl groups excluding tert-OH is 2. The van der Waals surface area contributed by atoms with Crippen LogP contribution in [0.15, 0.2) is 30.5 Å². The number of likely N-dealkylation sites (tertiary alicyclic amines) is 1. The standard InChI is InChI=1S/C25H34N6O8S/c26-15(12-40)24(37)31-7-3-6-20(31)23(36)29-18(10-32)22(35)28-17(21(34)30-19(11-33)25(38)39)8-13-9-27-16-5-2-1-4-14(13)16/h1-2,4-5,9,15,17-20,27,32-33,40H,3,6-8,10-12,26H2,(H,28,35)(H,29,36)(H,30,34)(H,38,39)/t15-,17-,18-,19-,20-/m0/s1. The van der Waals surface area contributed by atoms with Gasteiger partial charge in [0, 0.05) is 35.8 Å². The Bertz CT molecular complexity index is 1240. The van der Waals surface area contributed by atoms with Gasteiger partial charge in [0.25, 0.3) is 0 Å². The van der Waals surface area contributed by atoms with Crippen molar-refractivity contribution in [3.05, 3.63) is 36.0 Å². The molecule has 1 aromatic carbocycles. The summed E-state index contributed by atoms with van der Waals surface area (Å²) in [7, 11) is 0. The van der Waals surface area contributed by atoms with E-state index in [9.17, 15) is 39.3 Å². The van der Waals surface area contributed by atoms with Gasteiger partial charge in [-0.05, 0) is 24.5 Å².